The van der Waals surface area contributed by atoms with E-state index in [4.69, 9.17) is 9.16 Å². The van der Waals surface area contributed by atoms with Crippen molar-refractivity contribution in [2.24, 2.45) is 0 Å². The first kappa shape index (κ1) is 17.4. The van der Waals surface area contributed by atoms with Gasteiger partial charge in [0.25, 0.3) is 0 Å². The predicted octanol–water partition coefficient (Wildman–Crippen LogP) is 3.91. The summed E-state index contributed by atoms with van der Waals surface area (Å²) in [6, 6.07) is 0. The average Bonchev–Trinajstić information content (AvgIpc) is 2.22. The molecule has 18 heavy (non-hydrogen) atoms. The molecule has 0 bridgehead atoms. The maximum absolute atomic E-state index is 11.4. The highest BCUT2D eigenvalue weighted by molar-refractivity contribution is 6.74. The van der Waals surface area contributed by atoms with Gasteiger partial charge >= 0.3 is 5.97 Å². The molecular weight excluding hydrogens is 244 g/mol. The Balaban J connectivity index is 4.54. The predicted molar refractivity (Wildman–Crippen MR) is 78.2 cm³/mol. The molecule has 0 aliphatic rings. The van der Waals surface area contributed by atoms with Gasteiger partial charge in [-0.3, -0.25) is 0 Å². The molecule has 0 aromatic carbocycles. The highest BCUT2D eigenvalue weighted by Gasteiger charge is 2.37. The normalized spacial score (nSPS) is 13.6. The molecule has 0 heterocycles. The summed E-state index contributed by atoms with van der Waals surface area (Å²) in [4.78, 5) is 11.4. The summed E-state index contributed by atoms with van der Waals surface area (Å²) in [5.74, 6) is -0.270. The van der Waals surface area contributed by atoms with Gasteiger partial charge in [0.1, 0.15) is 0 Å². The van der Waals surface area contributed by atoms with Crippen molar-refractivity contribution >= 4 is 14.3 Å². The number of carbonyl (C=O) groups is 1. The van der Waals surface area contributed by atoms with Crippen molar-refractivity contribution in [3.63, 3.8) is 0 Å². The van der Waals surface area contributed by atoms with E-state index in [-0.39, 0.29) is 11.0 Å². The van der Waals surface area contributed by atoms with Crippen molar-refractivity contribution in [1.29, 1.82) is 0 Å². The molecule has 0 atom stereocenters. The van der Waals surface area contributed by atoms with Crippen molar-refractivity contribution in [2.75, 3.05) is 13.2 Å². The lowest BCUT2D eigenvalue weighted by Crippen LogP contribution is -2.41. The van der Waals surface area contributed by atoms with Crippen molar-refractivity contribution in [1.82, 2.24) is 0 Å². The minimum absolute atomic E-state index is 0.190. The highest BCUT2D eigenvalue weighted by atomic mass is 28.4. The number of esters is 1. The summed E-state index contributed by atoms with van der Waals surface area (Å²) in [5.41, 5.74) is 0.998. The molecule has 0 fully saturated rings. The van der Waals surface area contributed by atoms with E-state index < -0.39 is 8.32 Å². The minimum Gasteiger partial charge on any atom is -0.463 e. The third kappa shape index (κ3) is 5.82. The van der Waals surface area contributed by atoms with Crippen LogP contribution in [0.25, 0.3) is 0 Å². The van der Waals surface area contributed by atoms with Crippen LogP contribution >= 0.6 is 0 Å². The lowest BCUT2D eigenvalue weighted by atomic mass is 10.2. The molecule has 106 valence electrons. The largest absolute Gasteiger partial charge is 0.463 e. The number of hydrogen-bond acceptors (Lipinski definition) is 3. The van der Waals surface area contributed by atoms with Gasteiger partial charge in [-0.25, -0.2) is 4.79 Å². The number of hydrogen-bond donors (Lipinski definition) is 0. The highest BCUT2D eigenvalue weighted by Crippen LogP contribution is 2.36. The number of carbonyl (C=O) groups excluding carboxylic acids is 1. The van der Waals surface area contributed by atoms with E-state index in [2.05, 4.69) is 33.9 Å². The molecular formula is C14H28O3Si. The molecule has 0 aliphatic carbocycles. The van der Waals surface area contributed by atoms with Crippen LogP contribution < -0.4 is 0 Å². The summed E-state index contributed by atoms with van der Waals surface area (Å²) < 4.78 is 11.0. The molecule has 0 radical (unpaired) electrons. The minimum atomic E-state index is -1.75. The Labute approximate surface area is 113 Å². The monoisotopic (exact) mass is 272 g/mol. The maximum atomic E-state index is 11.4. The molecule has 3 nitrogen and oxygen atoms in total. The second kappa shape index (κ2) is 7.09. The summed E-state index contributed by atoms with van der Waals surface area (Å²) in [5, 5.41) is 0.190. The lowest BCUT2D eigenvalue weighted by Gasteiger charge is -2.36. The zero-order chi connectivity index (χ0) is 14.4. The maximum Gasteiger partial charge on any atom is 0.330 e. The van der Waals surface area contributed by atoms with E-state index in [1.807, 2.05) is 13.8 Å². The second-order valence-corrected chi connectivity index (χ2v) is 10.8. The van der Waals surface area contributed by atoms with Crippen LogP contribution in [0.15, 0.2) is 11.6 Å². The molecule has 0 unspecified atom stereocenters. The first-order chi connectivity index (χ1) is 8.14. The van der Waals surface area contributed by atoms with Gasteiger partial charge in [0.05, 0.1) is 13.2 Å². The van der Waals surface area contributed by atoms with Gasteiger partial charge in [-0.05, 0) is 37.0 Å². The molecule has 0 aromatic rings. The topological polar surface area (TPSA) is 35.5 Å². The van der Waals surface area contributed by atoms with Gasteiger partial charge in [0.2, 0.25) is 0 Å². The van der Waals surface area contributed by atoms with Gasteiger partial charge in [-0.2, -0.15) is 0 Å². The molecule has 0 N–H and O–H groups in total. The van der Waals surface area contributed by atoms with Crippen molar-refractivity contribution in [2.45, 2.75) is 59.2 Å². The van der Waals surface area contributed by atoms with Crippen LogP contribution in [-0.2, 0) is 14.0 Å². The molecule has 0 saturated carbocycles. The van der Waals surface area contributed by atoms with Gasteiger partial charge in [-0.1, -0.05) is 27.7 Å². The first-order valence-electron chi connectivity index (χ1n) is 6.64. The van der Waals surface area contributed by atoms with Gasteiger partial charge < -0.3 is 9.16 Å². The molecule has 0 saturated heterocycles. The second-order valence-electron chi connectivity index (χ2n) is 5.96. The van der Waals surface area contributed by atoms with E-state index in [9.17, 15) is 4.79 Å². The van der Waals surface area contributed by atoms with E-state index in [1.165, 1.54) is 0 Å². The average molecular weight is 272 g/mol. The number of rotatable bonds is 6. The smallest absolute Gasteiger partial charge is 0.330 e. The summed E-state index contributed by atoms with van der Waals surface area (Å²) in [6.45, 7) is 15.8. The lowest BCUT2D eigenvalue weighted by molar-refractivity contribution is -0.137. The van der Waals surface area contributed by atoms with E-state index in [0.717, 1.165) is 12.0 Å². The Bertz CT molecular complexity index is 301. The Kier molecular flexibility index (Phi) is 6.85. The quantitative estimate of drug-likeness (QED) is 0.418. The summed E-state index contributed by atoms with van der Waals surface area (Å²) in [7, 11) is -1.75. The third-order valence-corrected chi connectivity index (χ3v) is 7.97. The summed E-state index contributed by atoms with van der Waals surface area (Å²) in [6.07, 6.45) is 2.38. The van der Waals surface area contributed by atoms with Crippen LogP contribution in [0.4, 0.5) is 0 Å². The summed E-state index contributed by atoms with van der Waals surface area (Å²) >= 11 is 0. The molecule has 0 aliphatic heterocycles. The molecule has 0 spiro atoms. The van der Waals surface area contributed by atoms with Crippen LogP contribution in [0.2, 0.25) is 18.1 Å². The van der Waals surface area contributed by atoms with Crippen LogP contribution in [0.1, 0.15) is 41.0 Å². The fourth-order valence-corrected chi connectivity index (χ4v) is 2.07. The van der Waals surface area contributed by atoms with Crippen molar-refractivity contribution < 1.29 is 14.0 Å². The Hall–Kier alpha value is -0.613. The van der Waals surface area contributed by atoms with E-state index in [1.54, 1.807) is 6.08 Å². The molecule has 4 heteroatoms. The zero-order valence-corrected chi connectivity index (χ0v) is 13.9. The van der Waals surface area contributed by atoms with Crippen LogP contribution in [-0.4, -0.2) is 27.5 Å². The van der Waals surface area contributed by atoms with Gasteiger partial charge in [0, 0.05) is 6.08 Å². The zero-order valence-electron chi connectivity index (χ0n) is 12.9. The molecule has 0 amide bonds. The van der Waals surface area contributed by atoms with E-state index >= 15 is 0 Å². The Morgan fingerprint density at radius 2 is 1.78 bits per heavy atom. The fraction of sp³-hybridized carbons (Fsp3) is 0.786. The van der Waals surface area contributed by atoms with Crippen LogP contribution in [0.5, 0.6) is 0 Å². The van der Waals surface area contributed by atoms with Crippen molar-refractivity contribution in [3.8, 4) is 0 Å². The molecule has 0 rings (SSSR count). The van der Waals surface area contributed by atoms with Gasteiger partial charge in [-0.15, -0.1) is 0 Å². The van der Waals surface area contributed by atoms with E-state index in [0.29, 0.717) is 13.2 Å². The van der Waals surface area contributed by atoms with Crippen LogP contribution in [0.3, 0.4) is 0 Å². The van der Waals surface area contributed by atoms with Crippen molar-refractivity contribution in [3.05, 3.63) is 11.6 Å². The molecule has 0 aromatic heterocycles. The SMILES string of the molecule is CCOC(=O)C=C(CC)CO[Si](C)(C)C(C)(C)C. The third-order valence-electron chi connectivity index (χ3n) is 3.49. The number of ether oxygens (including phenoxy) is 1. The van der Waals surface area contributed by atoms with Gasteiger partial charge in [0.15, 0.2) is 8.32 Å². The Morgan fingerprint density at radius 3 is 2.17 bits per heavy atom. The van der Waals surface area contributed by atoms with Crippen LogP contribution in [0, 0.1) is 0 Å². The fourth-order valence-electron chi connectivity index (χ4n) is 1.09. The standard InChI is InChI=1S/C14H28O3Si/c1-8-12(10-13(15)16-9-2)11-17-18(6,7)14(3,4)5/h10H,8-9,11H2,1-7H3. The Morgan fingerprint density at radius 1 is 1.22 bits per heavy atom. The first-order valence-corrected chi connectivity index (χ1v) is 9.55.